The molecule has 0 aromatic rings. The second-order valence-corrected chi connectivity index (χ2v) is 18.9. The number of hydrogen-bond acceptors (Lipinski definition) is 6. The van der Waals surface area contributed by atoms with Crippen LogP contribution in [0.5, 0.6) is 0 Å². The predicted octanol–water partition coefficient (Wildman–Crippen LogP) is 18.0. The summed E-state index contributed by atoms with van der Waals surface area (Å²) in [4.78, 5) is 38.0. The fourth-order valence-electron chi connectivity index (χ4n) is 8.45. The fourth-order valence-corrected chi connectivity index (χ4v) is 8.45. The van der Waals surface area contributed by atoms with Gasteiger partial charge in [-0.05, 0) is 19.3 Å². The van der Waals surface area contributed by atoms with E-state index in [0.717, 1.165) is 57.8 Å². The molecule has 0 aliphatic heterocycles. The van der Waals surface area contributed by atoms with Gasteiger partial charge in [-0.3, -0.25) is 14.4 Å². The first-order chi connectivity index (χ1) is 30.0. The first-order valence-electron chi connectivity index (χ1n) is 27.5. The minimum atomic E-state index is -0.760. The van der Waals surface area contributed by atoms with Crippen molar-refractivity contribution in [1.82, 2.24) is 0 Å². The van der Waals surface area contributed by atoms with E-state index in [9.17, 15) is 14.4 Å². The van der Waals surface area contributed by atoms with Crippen molar-refractivity contribution in [2.75, 3.05) is 13.2 Å². The van der Waals surface area contributed by atoms with Crippen molar-refractivity contribution < 1.29 is 28.6 Å². The van der Waals surface area contributed by atoms with Crippen LogP contribution in [0.1, 0.15) is 316 Å². The molecule has 0 aromatic heterocycles. The molecule has 61 heavy (non-hydrogen) atoms. The van der Waals surface area contributed by atoms with Gasteiger partial charge in [0.15, 0.2) is 6.10 Å². The molecule has 0 radical (unpaired) electrons. The Morgan fingerprint density at radius 3 is 0.656 bits per heavy atom. The van der Waals surface area contributed by atoms with Crippen LogP contribution >= 0.6 is 0 Å². The Balaban J connectivity index is 4.26. The average Bonchev–Trinajstić information content (AvgIpc) is 3.26. The minimum absolute atomic E-state index is 0.0616. The third-order valence-electron chi connectivity index (χ3n) is 12.6. The van der Waals surface area contributed by atoms with Crippen molar-refractivity contribution in [3.8, 4) is 0 Å². The zero-order valence-electron chi connectivity index (χ0n) is 41.5. The van der Waals surface area contributed by atoms with Crippen LogP contribution in [-0.2, 0) is 28.6 Å². The van der Waals surface area contributed by atoms with Crippen molar-refractivity contribution >= 4 is 17.9 Å². The predicted molar refractivity (Wildman–Crippen MR) is 261 cm³/mol. The molecular formula is C55H106O6. The van der Waals surface area contributed by atoms with Crippen LogP contribution in [0.2, 0.25) is 0 Å². The Hall–Kier alpha value is -1.59. The summed E-state index contributed by atoms with van der Waals surface area (Å²) in [6.07, 6.45) is 55.2. The van der Waals surface area contributed by atoms with E-state index in [1.54, 1.807) is 0 Å². The largest absolute Gasteiger partial charge is 0.462 e. The molecule has 0 aliphatic rings. The molecule has 0 amide bonds. The number of rotatable bonds is 51. The SMILES string of the molecule is CCCCCCCCCCCCCCCCCCCCCC(=O)OC(COC(=O)CCCCCCCCCCCCCC)COC(=O)CCCCCCCCCCCCCC. The highest BCUT2D eigenvalue weighted by Crippen LogP contribution is 2.17. The molecule has 0 N–H and O–H groups in total. The van der Waals surface area contributed by atoms with Crippen LogP contribution in [0.25, 0.3) is 0 Å². The molecule has 6 nitrogen and oxygen atoms in total. The summed E-state index contributed by atoms with van der Waals surface area (Å²) in [6.45, 7) is 6.69. The zero-order chi connectivity index (χ0) is 44.4. The van der Waals surface area contributed by atoms with Gasteiger partial charge >= 0.3 is 17.9 Å². The monoisotopic (exact) mass is 863 g/mol. The molecule has 0 aliphatic carbocycles. The highest BCUT2D eigenvalue weighted by Gasteiger charge is 2.19. The van der Waals surface area contributed by atoms with Gasteiger partial charge in [-0.2, -0.15) is 0 Å². The van der Waals surface area contributed by atoms with Gasteiger partial charge in [0.25, 0.3) is 0 Å². The van der Waals surface area contributed by atoms with Gasteiger partial charge in [0, 0.05) is 19.3 Å². The van der Waals surface area contributed by atoms with E-state index in [0.29, 0.717) is 19.3 Å². The molecule has 0 spiro atoms. The molecule has 0 saturated heterocycles. The summed E-state index contributed by atoms with van der Waals surface area (Å²) in [5.74, 6) is -0.838. The molecule has 0 aromatic carbocycles. The van der Waals surface area contributed by atoms with E-state index in [4.69, 9.17) is 14.2 Å². The maximum atomic E-state index is 12.8. The fraction of sp³-hybridized carbons (Fsp3) is 0.945. The van der Waals surface area contributed by atoms with E-state index < -0.39 is 6.10 Å². The van der Waals surface area contributed by atoms with Crippen LogP contribution in [-0.4, -0.2) is 37.2 Å². The topological polar surface area (TPSA) is 78.9 Å². The highest BCUT2D eigenvalue weighted by molar-refractivity contribution is 5.71. The Morgan fingerprint density at radius 2 is 0.443 bits per heavy atom. The van der Waals surface area contributed by atoms with Crippen LogP contribution in [0.3, 0.4) is 0 Å². The summed E-state index contributed by atoms with van der Waals surface area (Å²) < 4.78 is 16.8. The normalized spacial score (nSPS) is 11.4. The van der Waals surface area contributed by atoms with Gasteiger partial charge in [-0.1, -0.05) is 278 Å². The van der Waals surface area contributed by atoms with Crippen LogP contribution in [0, 0.1) is 0 Å². The van der Waals surface area contributed by atoms with E-state index in [-0.39, 0.29) is 31.1 Å². The van der Waals surface area contributed by atoms with Gasteiger partial charge in [0.1, 0.15) is 13.2 Å². The molecule has 0 unspecified atom stereocenters. The van der Waals surface area contributed by atoms with E-state index in [2.05, 4.69) is 20.8 Å². The summed E-state index contributed by atoms with van der Waals surface area (Å²) in [5, 5.41) is 0. The summed E-state index contributed by atoms with van der Waals surface area (Å²) in [7, 11) is 0. The number of ether oxygens (including phenoxy) is 3. The molecule has 0 fully saturated rings. The van der Waals surface area contributed by atoms with E-state index in [1.165, 1.54) is 218 Å². The van der Waals surface area contributed by atoms with Crippen LogP contribution < -0.4 is 0 Å². The maximum absolute atomic E-state index is 12.8. The first-order valence-corrected chi connectivity index (χ1v) is 27.5. The molecule has 0 heterocycles. The lowest BCUT2D eigenvalue weighted by molar-refractivity contribution is -0.167. The molecule has 362 valence electrons. The average molecular weight is 863 g/mol. The molecule has 0 bridgehead atoms. The quantitative estimate of drug-likeness (QED) is 0.0344. The van der Waals surface area contributed by atoms with E-state index >= 15 is 0 Å². The molecule has 0 rings (SSSR count). The highest BCUT2D eigenvalue weighted by atomic mass is 16.6. The van der Waals surface area contributed by atoms with E-state index in [1.807, 2.05) is 0 Å². The molecule has 0 atom stereocenters. The Bertz CT molecular complexity index is 861. The van der Waals surface area contributed by atoms with Crippen molar-refractivity contribution in [3.05, 3.63) is 0 Å². The lowest BCUT2D eigenvalue weighted by atomic mass is 10.0. The number of unbranched alkanes of at least 4 members (excludes halogenated alkanes) is 40. The van der Waals surface area contributed by atoms with Crippen molar-refractivity contribution in [1.29, 1.82) is 0 Å². The van der Waals surface area contributed by atoms with Crippen molar-refractivity contribution in [2.45, 2.75) is 322 Å². The van der Waals surface area contributed by atoms with Crippen LogP contribution in [0.4, 0.5) is 0 Å². The van der Waals surface area contributed by atoms with Gasteiger partial charge in [0.05, 0.1) is 0 Å². The number of carbonyl (C=O) groups is 3. The lowest BCUT2D eigenvalue weighted by Crippen LogP contribution is -2.30. The van der Waals surface area contributed by atoms with Crippen molar-refractivity contribution in [2.24, 2.45) is 0 Å². The maximum Gasteiger partial charge on any atom is 0.306 e. The van der Waals surface area contributed by atoms with Gasteiger partial charge in [0.2, 0.25) is 0 Å². The Morgan fingerprint density at radius 1 is 0.262 bits per heavy atom. The number of hydrogen-bond donors (Lipinski definition) is 0. The Kier molecular flexibility index (Phi) is 49.7. The zero-order valence-corrected chi connectivity index (χ0v) is 41.5. The lowest BCUT2D eigenvalue weighted by Gasteiger charge is -2.18. The van der Waals surface area contributed by atoms with Gasteiger partial charge < -0.3 is 14.2 Å². The second-order valence-electron chi connectivity index (χ2n) is 18.9. The smallest absolute Gasteiger partial charge is 0.306 e. The van der Waals surface area contributed by atoms with Crippen LogP contribution in [0.15, 0.2) is 0 Å². The summed E-state index contributed by atoms with van der Waals surface area (Å²) in [5.41, 5.74) is 0. The number of carbonyl (C=O) groups excluding carboxylic acids is 3. The minimum Gasteiger partial charge on any atom is -0.462 e. The summed E-state index contributed by atoms with van der Waals surface area (Å²) >= 11 is 0. The van der Waals surface area contributed by atoms with Gasteiger partial charge in [-0.15, -0.1) is 0 Å². The standard InChI is InChI=1S/C55H106O6/c1-4-7-10-13-16-19-22-25-26-27-28-29-30-31-34-37-40-43-46-49-55(58)61-52(50-59-53(56)47-44-41-38-35-32-23-20-17-14-11-8-5-2)51-60-54(57)48-45-42-39-36-33-24-21-18-15-12-9-6-3/h52H,4-51H2,1-3H3. The summed E-state index contributed by atoms with van der Waals surface area (Å²) in [6, 6.07) is 0. The first kappa shape index (κ1) is 59.4. The number of esters is 3. The molecule has 6 heteroatoms. The molecule has 0 saturated carbocycles. The third kappa shape index (κ3) is 49.3. The Labute approximate surface area is 380 Å². The van der Waals surface area contributed by atoms with Crippen molar-refractivity contribution in [3.63, 3.8) is 0 Å². The second kappa shape index (κ2) is 51.0. The molecular weight excluding hydrogens is 757 g/mol. The third-order valence-corrected chi connectivity index (χ3v) is 12.6. The van der Waals surface area contributed by atoms with Gasteiger partial charge in [-0.25, -0.2) is 0 Å².